The van der Waals surface area contributed by atoms with Crippen LogP contribution >= 0.6 is 0 Å². The van der Waals surface area contributed by atoms with Gasteiger partial charge in [-0.2, -0.15) is 0 Å². The van der Waals surface area contributed by atoms with Crippen LogP contribution in [0.15, 0.2) is 24.3 Å². The highest BCUT2D eigenvalue weighted by Crippen LogP contribution is 2.24. The molecule has 0 aliphatic heterocycles. The third-order valence-corrected chi connectivity index (χ3v) is 1.86. The molecule has 1 rings (SSSR count). The number of carboxylic acid groups (broad SMARTS) is 1. The summed E-state index contributed by atoms with van der Waals surface area (Å²) in [5.41, 5.74) is 0. The van der Waals surface area contributed by atoms with Gasteiger partial charge in [0.25, 0.3) is 5.91 Å². The zero-order chi connectivity index (χ0) is 15.2. The van der Waals surface area contributed by atoms with Gasteiger partial charge >= 0.3 is 6.36 Å². The van der Waals surface area contributed by atoms with Crippen LogP contribution in [0.3, 0.4) is 0 Å². The topological polar surface area (TPSA) is 87.7 Å². The largest absolute Gasteiger partial charge is 0.573 e. The fourth-order valence-corrected chi connectivity index (χ4v) is 1.11. The molecule has 110 valence electrons. The smallest absolute Gasteiger partial charge is 0.548 e. The molecule has 0 bridgehead atoms. The molecule has 0 heterocycles. The molecule has 1 N–H and O–H groups in total. The fourth-order valence-electron chi connectivity index (χ4n) is 1.11. The molecule has 0 spiro atoms. The summed E-state index contributed by atoms with van der Waals surface area (Å²) >= 11 is 0. The van der Waals surface area contributed by atoms with Gasteiger partial charge in [-0.05, 0) is 24.3 Å². The Hall–Kier alpha value is -2.45. The number of carbonyl (C=O) groups is 2. The number of ether oxygens (including phenoxy) is 2. The molecule has 0 atom stereocenters. The first kappa shape index (κ1) is 15.6. The van der Waals surface area contributed by atoms with Crippen LogP contribution in [0, 0.1) is 0 Å². The quantitative estimate of drug-likeness (QED) is 0.786. The average Bonchev–Trinajstić information content (AvgIpc) is 2.33. The van der Waals surface area contributed by atoms with Crippen molar-refractivity contribution >= 4 is 11.9 Å². The highest BCUT2D eigenvalue weighted by atomic mass is 19.4. The number of rotatable bonds is 6. The Balaban J connectivity index is 2.42. The van der Waals surface area contributed by atoms with Crippen molar-refractivity contribution in [2.45, 2.75) is 6.36 Å². The lowest BCUT2D eigenvalue weighted by atomic mass is 10.3. The minimum atomic E-state index is -4.78. The molecule has 0 saturated carbocycles. The van der Waals surface area contributed by atoms with Crippen LogP contribution in [0.25, 0.3) is 0 Å². The Morgan fingerprint density at radius 3 is 2.20 bits per heavy atom. The van der Waals surface area contributed by atoms with Crippen molar-refractivity contribution in [1.82, 2.24) is 5.32 Å². The molecule has 0 radical (unpaired) electrons. The van der Waals surface area contributed by atoms with Gasteiger partial charge in [0.15, 0.2) is 6.61 Å². The second-order valence-corrected chi connectivity index (χ2v) is 3.46. The van der Waals surface area contributed by atoms with Gasteiger partial charge in [0.05, 0.1) is 12.5 Å². The number of nitrogens with one attached hydrogen (secondary N) is 1. The van der Waals surface area contributed by atoms with Gasteiger partial charge in [0.2, 0.25) is 0 Å². The summed E-state index contributed by atoms with van der Waals surface area (Å²) in [7, 11) is 0. The van der Waals surface area contributed by atoms with Crippen LogP contribution in [0.2, 0.25) is 0 Å². The normalized spacial score (nSPS) is 10.8. The first-order valence-corrected chi connectivity index (χ1v) is 5.21. The molecule has 20 heavy (non-hydrogen) atoms. The maximum absolute atomic E-state index is 11.9. The van der Waals surface area contributed by atoms with Crippen molar-refractivity contribution in [3.05, 3.63) is 24.3 Å². The second kappa shape index (κ2) is 6.64. The maximum atomic E-state index is 11.9. The average molecular weight is 292 g/mol. The van der Waals surface area contributed by atoms with Gasteiger partial charge in [-0.3, -0.25) is 4.79 Å². The summed E-state index contributed by atoms with van der Waals surface area (Å²) in [6.07, 6.45) is -4.78. The molecule has 1 aromatic carbocycles. The molecular weight excluding hydrogens is 283 g/mol. The van der Waals surface area contributed by atoms with Crippen LogP contribution in [0.5, 0.6) is 11.5 Å². The minimum absolute atomic E-state index is 0.128. The van der Waals surface area contributed by atoms with E-state index in [0.717, 1.165) is 12.1 Å². The van der Waals surface area contributed by atoms with Gasteiger partial charge in [0.1, 0.15) is 11.5 Å². The Morgan fingerprint density at radius 2 is 1.70 bits per heavy atom. The van der Waals surface area contributed by atoms with Gasteiger partial charge in [-0.15, -0.1) is 13.2 Å². The van der Waals surface area contributed by atoms with Crippen molar-refractivity contribution in [2.75, 3.05) is 13.2 Å². The fraction of sp³-hybridized carbons (Fsp3) is 0.273. The number of halogens is 3. The Bertz CT molecular complexity index is 472. The lowest BCUT2D eigenvalue weighted by Gasteiger charge is -2.10. The monoisotopic (exact) mass is 292 g/mol. The minimum Gasteiger partial charge on any atom is -0.548 e. The summed E-state index contributed by atoms with van der Waals surface area (Å²) in [5.74, 6) is -2.45. The number of carbonyl (C=O) groups excluding carboxylic acids is 2. The van der Waals surface area contributed by atoms with Crippen molar-refractivity contribution < 1.29 is 37.3 Å². The summed E-state index contributed by atoms with van der Waals surface area (Å²) in [4.78, 5) is 21.1. The van der Waals surface area contributed by atoms with E-state index in [2.05, 4.69) is 4.74 Å². The molecule has 0 aliphatic rings. The molecular formula is C11H9F3NO5-. The first-order chi connectivity index (χ1) is 9.26. The summed E-state index contributed by atoms with van der Waals surface area (Å²) in [5, 5.41) is 12.1. The number of carboxylic acids is 1. The van der Waals surface area contributed by atoms with E-state index in [1.54, 1.807) is 0 Å². The third-order valence-electron chi connectivity index (χ3n) is 1.86. The molecule has 0 saturated heterocycles. The first-order valence-electron chi connectivity index (χ1n) is 5.21. The lowest BCUT2D eigenvalue weighted by molar-refractivity contribution is -0.304. The lowest BCUT2D eigenvalue weighted by Crippen LogP contribution is -2.39. The van der Waals surface area contributed by atoms with E-state index in [1.807, 2.05) is 5.32 Å². The van der Waals surface area contributed by atoms with Gasteiger partial charge < -0.3 is 24.7 Å². The Labute approximate surface area is 111 Å². The Morgan fingerprint density at radius 1 is 1.15 bits per heavy atom. The summed E-state index contributed by atoms with van der Waals surface area (Å²) < 4.78 is 44.2. The van der Waals surface area contributed by atoms with Gasteiger partial charge in [0, 0.05) is 0 Å². The highest BCUT2D eigenvalue weighted by molar-refractivity contribution is 5.81. The molecule has 1 aromatic rings. The molecule has 0 unspecified atom stereocenters. The Kier molecular flexibility index (Phi) is 5.18. The molecule has 0 aliphatic carbocycles. The van der Waals surface area contributed by atoms with E-state index in [9.17, 15) is 27.9 Å². The standard InChI is InChI=1S/C11H10F3NO5/c12-11(13,14)20-8-3-1-7(2-4-8)19-6-9(16)15-5-10(17)18/h1-4H,5-6H2,(H,15,16)(H,17,18)/p-1. The third kappa shape index (κ3) is 6.47. The van der Waals surface area contributed by atoms with Crippen molar-refractivity contribution in [3.63, 3.8) is 0 Å². The predicted molar refractivity (Wildman–Crippen MR) is 56.6 cm³/mol. The van der Waals surface area contributed by atoms with Crippen LogP contribution < -0.4 is 19.9 Å². The maximum Gasteiger partial charge on any atom is 0.573 e. The number of benzene rings is 1. The number of aliphatic carboxylic acids is 1. The van der Waals surface area contributed by atoms with Gasteiger partial charge in [-0.25, -0.2) is 0 Å². The number of amides is 1. The van der Waals surface area contributed by atoms with E-state index >= 15 is 0 Å². The molecule has 6 nitrogen and oxygen atoms in total. The molecule has 0 fully saturated rings. The SMILES string of the molecule is O=C([O-])CNC(=O)COc1ccc(OC(F)(F)F)cc1. The van der Waals surface area contributed by atoms with Crippen molar-refractivity contribution in [2.24, 2.45) is 0 Å². The zero-order valence-corrected chi connectivity index (χ0v) is 9.90. The molecule has 0 aromatic heterocycles. The van der Waals surface area contributed by atoms with E-state index in [-0.39, 0.29) is 5.75 Å². The van der Waals surface area contributed by atoms with Crippen LogP contribution in [0.4, 0.5) is 13.2 Å². The number of hydrogen-bond donors (Lipinski definition) is 1. The van der Waals surface area contributed by atoms with E-state index < -0.39 is 37.1 Å². The number of hydrogen-bond acceptors (Lipinski definition) is 5. The zero-order valence-electron chi connectivity index (χ0n) is 9.90. The second-order valence-electron chi connectivity index (χ2n) is 3.46. The van der Waals surface area contributed by atoms with Crippen LogP contribution in [-0.4, -0.2) is 31.4 Å². The molecule has 9 heteroatoms. The van der Waals surface area contributed by atoms with Crippen LogP contribution in [-0.2, 0) is 9.59 Å². The van der Waals surface area contributed by atoms with E-state index in [0.29, 0.717) is 0 Å². The summed E-state index contributed by atoms with van der Waals surface area (Å²) in [6.45, 7) is -1.13. The van der Waals surface area contributed by atoms with Crippen molar-refractivity contribution in [3.8, 4) is 11.5 Å². The molecule has 1 amide bonds. The van der Waals surface area contributed by atoms with Gasteiger partial charge in [-0.1, -0.05) is 0 Å². The van der Waals surface area contributed by atoms with E-state index in [4.69, 9.17) is 4.74 Å². The highest BCUT2D eigenvalue weighted by Gasteiger charge is 2.30. The number of alkyl halides is 3. The summed E-state index contributed by atoms with van der Waals surface area (Å²) in [6, 6.07) is 4.38. The van der Waals surface area contributed by atoms with Crippen LogP contribution in [0.1, 0.15) is 0 Å². The van der Waals surface area contributed by atoms with Crippen molar-refractivity contribution in [1.29, 1.82) is 0 Å². The van der Waals surface area contributed by atoms with E-state index in [1.165, 1.54) is 12.1 Å². The predicted octanol–water partition coefficient (Wildman–Crippen LogP) is -0.170.